The normalized spacial score (nSPS) is 15.1. The van der Waals surface area contributed by atoms with Crippen LogP contribution >= 0.6 is 0 Å². The van der Waals surface area contributed by atoms with E-state index < -0.39 is 0 Å². The molecule has 1 fully saturated rings. The summed E-state index contributed by atoms with van der Waals surface area (Å²) in [6, 6.07) is 5.86. The van der Waals surface area contributed by atoms with E-state index in [0.29, 0.717) is 11.3 Å². The van der Waals surface area contributed by atoms with Crippen molar-refractivity contribution in [1.29, 1.82) is 5.26 Å². The first-order valence-electron chi connectivity index (χ1n) is 7.96. The largest absolute Gasteiger partial charge is 0.369 e. The molecule has 0 aromatic carbocycles. The molecule has 124 valence electrons. The molecule has 24 heavy (non-hydrogen) atoms. The summed E-state index contributed by atoms with van der Waals surface area (Å²) in [5.74, 6) is -0.0480. The highest BCUT2D eigenvalue weighted by molar-refractivity contribution is 5.92. The number of rotatable bonds is 3. The van der Waals surface area contributed by atoms with Gasteiger partial charge < -0.3 is 9.80 Å². The highest BCUT2D eigenvalue weighted by atomic mass is 16.2. The van der Waals surface area contributed by atoms with Gasteiger partial charge in [-0.05, 0) is 25.0 Å². The summed E-state index contributed by atoms with van der Waals surface area (Å²) in [6.07, 6.45) is 6.86. The zero-order valence-corrected chi connectivity index (χ0v) is 13.9. The van der Waals surface area contributed by atoms with Crippen molar-refractivity contribution >= 4 is 11.6 Å². The molecule has 1 amide bonds. The molecule has 1 saturated heterocycles. The van der Waals surface area contributed by atoms with Crippen molar-refractivity contribution in [1.82, 2.24) is 19.7 Å². The lowest BCUT2D eigenvalue weighted by atomic mass is 10.0. The van der Waals surface area contributed by atoms with Crippen LogP contribution in [0, 0.1) is 11.3 Å². The molecule has 3 rings (SSSR count). The van der Waals surface area contributed by atoms with Crippen molar-refractivity contribution in [2.75, 3.05) is 25.0 Å². The fraction of sp³-hybridized carbons (Fsp3) is 0.412. The maximum atomic E-state index is 12.5. The molecule has 0 aliphatic carbocycles. The summed E-state index contributed by atoms with van der Waals surface area (Å²) in [4.78, 5) is 20.6. The number of piperidine rings is 1. The molecular formula is C17H20N6O. The molecular weight excluding hydrogens is 304 g/mol. The van der Waals surface area contributed by atoms with Crippen LogP contribution in [-0.2, 0) is 7.05 Å². The Bertz CT molecular complexity index is 769. The van der Waals surface area contributed by atoms with Gasteiger partial charge in [-0.25, -0.2) is 0 Å². The van der Waals surface area contributed by atoms with Gasteiger partial charge in [0.2, 0.25) is 0 Å². The summed E-state index contributed by atoms with van der Waals surface area (Å²) in [5.41, 5.74) is 1.99. The van der Waals surface area contributed by atoms with Crippen LogP contribution in [0.3, 0.4) is 0 Å². The Labute approximate surface area is 141 Å². The number of nitriles is 1. The molecule has 7 heteroatoms. The molecule has 0 bridgehead atoms. The maximum absolute atomic E-state index is 12.5. The minimum Gasteiger partial charge on any atom is -0.369 e. The monoisotopic (exact) mass is 324 g/mol. The summed E-state index contributed by atoms with van der Waals surface area (Å²) in [5, 5.41) is 13.4. The van der Waals surface area contributed by atoms with Gasteiger partial charge in [-0.2, -0.15) is 10.4 Å². The smallest absolute Gasteiger partial charge is 0.274 e. The lowest BCUT2D eigenvalue weighted by Gasteiger charge is -2.37. The lowest BCUT2D eigenvalue weighted by Crippen LogP contribution is -2.46. The molecule has 2 aromatic heterocycles. The molecule has 0 atom stereocenters. The Kier molecular flexibility index (Phi) is 4.47. The molecule has 0 saturated carbocycles. The van der Waals surface area contributed by atoms with Gasteiger partial charge in [0.1, 0.15) is 11.8 Å². The van der Waals surface area contributed by atoms with Crippen molar-refractivity contribution in [3.05, 3.63) is 42.0 Å². The number of pyridine rings is 1. The van der Waals surface area contributed by atoms with Gasteiger partial charge >= 0.3 is 0 Å². The number of anilines is 1. The highest BCUT2D eigenvalue weighted by Crippen LogP contribution is 2.24. The molecule has 3 heterocycles. The highest BCUT2D eigenvalue weighted by Gasteiger charge is 2.27. The zero-order valence-electron chi connectivity index (χ0n) is 13.9. The van der Waals surface area contributed by atoms with Crippen LogP contribution in [0.15, 0.2) is 30.7 Å². The third kappa shape index (κ3) is 3.08. The third-order valence-corrected chi connectivity index (χ3v) is 4.53. The van der Waals surface area contributed by atoms with Crippen LogP contribution in [0.4, 0.5) is 5.69 Å². The van der Waals surface area contributed by atoms with E-state index in [4.69, 9.17) is 0 Å². The van der Waals surface area contributed by atoms with Gasteiger partial charge in [0, 0.05) is 45.6 Å². The van der Waals surface area contributed by atoms with E-state index in [2.05, 4.69) is 21.1 Å². The number of hydrogen-bond donors (Lipinski definition) is 0. The van der Waals surface area contributed by atoms with E-state index in [-0.39, 0.29) is 11.9 Å². The molecule has 2 aromatic rings. The predicted molar refractivity (Wildman–Crippen MR) is 89.5 cm³/mol. The molecule has 1 aliphatic rings. The lowest BCUT2D eigenvalue weighted by molar-refractivity contribution is 0.0702. The second kappa shape index (κ2) is 6.71. The van der Waals surface area contributed by atoms with Crippen LogP contribution in [0.2, 0.25) is 0 Å². The summed E-state index contributed by atoms with van der Waals surface area (Å²) < 4.78 is 1.63. The van der Waals surface area contributed by atoms with Gasteiger partial charge in [-0.3, -0.25) is 14.5 Å². The minimum atomic E-state index is -0.0480. The molecule has 0 N–H and O–H groups in total. The number of amides is 1. The van der Waals surface area contributed by atoms with Gasteiger partial charge in [-0.1, -0.05) is 0 Å². The van der Waals surface area contributed by atoms with E-state index in [1.807, 2.05) is 7.05 Å². The Morgan fingerprint density at radius 1 is 1.38 bits per heavy atom. The van der Waals surface area contributed by atoms with E-state index in [0.717, 1.165) is 31.6 Å². The number of aromatic nitrogens is 3. The quantitative estimate of drug-likeness (QED) is 0.853. The second-order valence-electron chi connectivity index (χ2n) is 6.01. The Balaban J connectivity index is 1.64. The van der Waals surface area contributed by atoms with E-state index in [1.54, 1.807) is 47.4 Å². The first-order valence-corrected chi connectivity index (χ1v) is 7.96. The van der Waals surface area contributed by atoms with Crippen LogP contribution in [0.25, 0.3) is 0 Å². The van der Waals surface area contributed by atoms with Gasteiger partial charge in [-0.15, -0.1) is 0 Å². The van der Waals surface area contributed by atoms with Crippen molar-refractivity contribution in [3.63, 3.8) is 0 Å². The number of aryl methyl sites for hydroxylation is 1. The Morgan fingerprint density at radius 2 is 2.12 bits per heavy atom. The second-order valence-corrected chi connectivity index (χ2v) is 6.01. The van der Waals surface area contributed by atoms with Crippen LogP contribution in [-0.4, -0.2) is 51.8 Å². The van der Waals surface area contributed by atoms with Crippen LogP contribution in [0.1, 0.15) is 28.9 Å². The maximum Gasteiger partial charge on any atom is 0.274 e. The Hall–Kier alpha value is -2.88. The molecule has 0 radical (unpaired) electrons. The van der Waals surface area contributed by atoms with E-state index in [1.165, 1.54) is 0 Å². The molecule has 0 spiro atoms. The minimum absolute atomic E-state index is 0.0480. The van der Waals surface area contributed by atoms with Crippen molar-refractivity contribution < 1.29 is 4.79 Å². The third-order valence-electron chi connectivity index (χ3n) is 4.53. The van der Waals surface area contributed by atoms with Crippen molar-refractivity contribution in [3.8, 4) is 6.07 Å². The number of nitrogens with zero attached hydrogens (tertiary/aromatic N) is 6. The van der Waals surface area contributed by atoms with Crippen LogP contribution < -0.4 is 4.90 Å². The van der Waals surface area contributed by atoms with Crippen LogP contribution in [0.5, 0.6) is 0 Å². The average Bonchev–Trinajstić information content (AvgIpc) is 3.07. The fourth-order valence-corrected chi connectivity index (χ4v) is 3.10. The number of carbonyl (C=O) groups is 1. The van der Waals surface area contributed by atoms with Gasteiger partial charge in [0.25, 0.3) is 5.91 Å². The number of hydrogen-bond acceptors (Lipinski definition) is 5. The standard InChI is InChI=1S/C17H20N6O/c1-21-8-6-15(20-21)17(24)22(2)14-4-9-23(10-5-14)16-12-19-7-3-13(16)11-18/h3,6-8,12,14H,4-5,9-10H2,1-2H3. The number of carbonyl (C=O) groups excluding carboxylic acids is 1. The molecule has 0 unspecified atom stereocenters. The van der Waals surface area contributed by atoms with E-state index in [9.17, 15) is 10.1 Å². The van der Waals surface area contributed by atoms with Gasteiger partial charge in [0.05, 0.1) is 17.4 Å². The first-order chi connectivity index (χ1) is 11.6. The van der Waals surface area contributed by atoms with Crippen molar-refractivity contribution in [2.24, 2.45) is 7.05 Å². The molecule has 1 aliphatic heterocycles. The summed E-state index contributed by atoms with van der Waals surface area (Å²) >= 11 is 0. The summed E-state index contributed by atoms with van der Waals surface area (Å²) in [7, 11) is 3.64. The first kappa shape index (κ1) is 16.0. The summed E-state index contributed by atoms with van der Waals surface area (Å²) in [6.45, 7) is 1.59. The SMILES string of the molecule is CN(C(=O)c1ccn(C)n1)C1CCN(c2cnccc2C#N)CC1. The van der Waals surface area contributed by atoms with Crippen molar-refractivity contribution in [2.45, 2.75) is 18.9 Å². The van der Waals surface area contributed by atoms with E-state index >= 15 is 0 Å². The zero-order chi connectivity index (χ0) is 17.1. The molecule has 7 nitrogen and oxygen atoms in total. The topological polar surface area (TPSA) is 78.1 Å². The fourth-order valence-electron chi connectivity index (χ4n) is 3.10. The predicted octanol–water partition coefficient (Wildman–Crippen LogP) is 1.43. The van der Waals surface area contributed by atoms with Gasteiger partial charge in [0.15, 0.2) is 0 Å². The Morgan fingerprint density at radius 3 is 2.75 bits per heavy atom. The average molecular weight is 324 g/mol.